The van der Waals surface area contributed by atoms with Crippen molar-refractivity contribution < 1.29 is 0 Å². The van der Waals surface area contributed by atoms with Crippen LogP contribution in [0.15, 0.2) is 36.4 Å². The minimum absolute atomic E-state index is 0.660. The van der Waals surface area contributed by atoms with Gasteiger partial charge in [-0.25, -0.2) is 0 Å². The van der Waals surface area contributed by atoms with Crippen molar-refractivity contribution in [3.8, 4) is 0 Å². The van der Waals surface area contributed by atoms with E-state index in [0.29, 0.717) is 5.92 Å². The van der Waals surface area contributed by atoms with E-state index in [0.717, 1.165) is 17.8 Å². The van der Waals surface area contributed by atoms with Crippen molar-refractivity contribution in [3.05, 3.63) is 47.5 Å². The van der Waals surface area contributed by atoms with Gasteiger partial charge in [0.25, 0.3) is 0 Å². The Hall–Kier alpha value is -1.04. The molecule has 144 valence electrons. The highest BCUT2D eigenvalue weighted by molar-refractivity contribution is 5.29. The average molecular weight is 353 g/mol. The number of allylic oxidation sites excluding steroid dienone is 2. The predicted octanol–water partition coefficient (Wildman–Crippen LogP) is 8.08. The largest absolute Gasteiger partial charge is 0.0845 e. The van der Waals surface area contributed by atoms with Crippen LogP contribution in [0.25, 0.3) is 0 Å². The summed E-state index contributed by atoms with van der Waals surface area (Å²) in [6, 6.07) is 9.45. The van der Waals surface area contributed by atoms with Gasteiger partial charge < -0.3 is 0 Å². The normalized spacial score (nSPS) is 29.0. The molecule has 0 aliphatic heterocycles. The van der Waals surface area contributed by atoms with Gasteiger partial charge in [0.2, 0.25) is 0 Å². The molecule has 2 aliphatic rings. The molecule has 0 radical (unpaired) electrons. The van der Waals surface area contributed by atoms with Gasteiger partial charge in [-0.1, -0.05) is 95.2 Å². The van der Waals surface area contributed by atoms with E-state index in [2.05, 4.69) is 50.3 Å². The number of unbranched alkanes of at least 4 members (excludes halogenated alkanes) is 2. The molecular weight excluding hydrogens is 312 g/mol. The zero-order valence-corrected chi connectivity index (χ0v) is 17.3. The van der Waals surface area contributed by atoms with Gasteiger partial charge in [0, 0.05) is 5.92 Å². The van der Waals surface area contributed by atoms with Crippen LogP contribution in [0.3, 0.4) is 0 Å². The SMILES string of the molecule is CCCCCC1CCC(C2C=CC(c3ccc(CCC)cc3)CC2)CC1. The third kappa shape index (κ3) is 5.48. The van der Waals surface area contributed by atoms with Crippen LogP contribution < -0.4 is 0 Å². The quantitative estimate of drug-likeness (QED) is 0.327. The Morgan fingerprint density at radius 2 is 1.54 bits per heavy atom. The third-order valence-electron chi connectivity index (χ3n) is 7.06. The van der Waals surface area contributed by atoms with Crippen molar-refractivity contribution >= 4 is 0 Å². The molecule has 2 atom stereocenters. The summed E-state index contributed by atoms with van der Waals surface area (Å²) in [5, 5.41) is 0. The highest BCUT2D eigenvalue weighted by atomic mass is 14.3. The van der Waals surface area contributed by atoms with Gasteiger partial charge in [0.1, 0.15) is 0 Å². The molecule has 0 nitrogen and oxygen atoms in total. The number of hydrogen-bond donors (Lipinski definition) is 0. The standard InChI is InChI=1S/C26H40/c1-3-5-6-8-22-11-15-24(16-12-22)26-19-17-25(18-20-26)23-13-9-21(7-4-2)10-14-23/h9-10,13-14,17,19,22,24-26H,3-8,11-12,15-16,18,20H2,1-2H3. The summed E-state index contributed by atoms with van der Waals surface area (Å²) in [4.78, 5) is 0. The first kappa shape index (κ1) is 19.7. The molecule has 2 aliphatic carbocycles. The maximum Gasteiger partial charge on any atom is 0.00182 e. The van der Waals surface area contributed by atoms with Gasteiger partial charge in [-0.15, -0.1) is 0 Å². The maximum absolute atomic E-state index is 2.59. The lowest BCUT2D eigenvalue weighted by Gasteiger charge is -2.35. The lowest BCUT2D eigenvalue weighted by Crippen LogP contribution is -2.23. The molecule has 3 rings (SSSR count). The smallest absolute Gasteiger partial charge is 0.00182 e. The van der Waals surface area contributed by atoms with Crippen molar-refractivity contribution in [2.45, 2.75) is 96.8 Å². The molecule has 0 aromatic heterocycles. The van der Waals surface area contributed by atoms with E-state index in [4.69, 9.17) is 0 Å². The maximum atomic E-state index is 2.59. The van der Waals surface area contributed by atoms with E-state index in [1.807, 2.05) is 0 Å². The Morgan fingerprint density at radius 3 is 2.15 bits per heavy atom. The Bertz CT molecular complexity index is 530. The number of aryl methyl sites for hydroxylation is 1. The highest BCUT2D eigenvalue weighted by Gasteiger charge is 2.28. The first-order valence-electron chi connectivity index (χ1n) is 11.6. The fourth-order valence-corrected chi connectivity index (χ4v) is 5.32. The summed E-state index contributed by atoms with van der Waals surface area (Å²) in [6.45, 7) is 4.58. The predicted molar refractivity (Wildman–Crippen MR) is 115 cm³/mol. The van der Waals surface area contributed by atoms with Crippen LogP contribution in [-0.2, 0) is 6.42 Å². The van der Waals surface area contributed by atoms with Gasteiger partial charge in [-0.3, -0.25) is 0 Å². The summed E-state index contributed by atoms with van der Waals surface area (Å²) in [5.74, 6) is 3.54. The fraction of sp³-hybridized carbons (Fsp3) is 0.692. The molecule has 0 saturated heterocycles. The second-order valence-electron chi connectivity index (χ2n) is 9.00. The number of benzene rings is 1. The lowest BCUT2D eigenvalue weighted by atomic mass is 9.70. The number of hydrogen-bond acceptors (Lipinski definition) is 0. The van der Waals surface area contributed by atoms with Crippen LogP contribution in [-0.4, -0.2) is 0 Å². The molecule has 0 amide bonds. The van der Waals surface area contributed by atoms with Gasteiger partial charge in [0.05, 0.1) is 0 Å². The molecule has 1 aromatic rings. The van der Waals surface area contributed by atoms with Crippen LogP contribution in [0.1, 0.15) is 102 Å². The average Bonchev–Trinajstić information content (AvgIpc) is 2.70. The van der Waals surface area contributed by atoms with Crippen LogP contribution in [0.5, 0.6) is 0 Å². The van der Waals surface area contributed by atoms with E-state index in [1.54, 1.807) is 0 Å². The van der Waals surface area contributed by atoms with E-state index in [1.165, 1.54) is 88.2 Å². The van der Waals surface area contributed by atoms with E-state index in [9.17, 15) is 0 Å². The van der Waals surface area contributed by atoms with Crippen molar-refractivity contribution in [3.63, 3.8) is 0 Å². The summed E-state index contributed by atoms with van der Waals surface area (Å²) in [7, 11) is 0. The molecule has 2 unspecified atom stereocenters. The second-order valence-corrected chi connectivity index (χ2v) is 9.00. The van der Waals surface area contributed by atoms with E-state index in [-0.39, 0.29) is 0 Å². The third-order valence-corrected chi connectivity index (χ3v) is 7.06. The van der Waals surface area contributed by atoms with Crippen molar-refractivity contribution in [2.75, 3.05) is 0 Å². The first-order chi connectivity index (χ1) is 12.8. The highest BCUT2D eigenvalue weighted by Crippen LogP contribution is 2.41. The molecule has 1 aromatic carbocycles. The molecule has 0 heteroatoms. The van der Waals surface area contributed by atoms with Crippen molar-refractivity contribution in [1.82, 2.24) is 0 Å². The van der Waals surface area contributed by atoms with E-state index < -0.39 is 0 Å². The molecule has 0 spiro atoms. The minimum atomic E-state index is 0.660. The minimum Gasteiger partial charge on any atom is -0.0845 e. The molecule has 0 heterocycles. The summed E-state index contributed by atoms with van der Waals surface area (Å²) in [6.07, 6.45) is 22.1. The van der Waals surface area contributed by atoms with Gasteiger partial charge in [-0.05, 0) is 61.0 Å². The fourth-order valence-electron chi connectivity index (χ4n) is 5.32. The molecule has 1 saturated carbocycles. The van der Waals surface area contributed by atoms with Crippen molar-refractivity contribution in [2.24, 2.45) is 17.8 Å². The molecule has 0 bridgehead atoms. The summed E-state index contributed by atoms with van der Waals surface area (Å²) < 4.78 is 0. The molecule has 0 N–H and O–H groups in total. The van der Waals surface area contributed by atoms with E-state index >= 15 is 0 Å². The molecular formula is C26H40. The monoisotopic (exact) mass is 352 g/mol. The van der Waals surface area contributed by atoms with Gasteiger partial charge in [0.15, 0.2) is 0 Å². The Morgan fingerprint density at radius 1 is 0.769 bits per heavy atom. The topological polar surface area (TPSA) is 0 Å². The Kier molecular flexibility index (Phi) is 7.84. The zero-order valence-electron chi connectivity index (χ0n) is 17.3. The lowest BCUT2D eigenvalue weighted by molar-refractivity contribution is 0.207. The van der Waals surface area contributed by atoms with Crippen LogP contribution in [0, 0.1) is 17.8 Å². The van der Waals surface area contributed by atoms with Crippen LogP contribution >= 0.6 is 0 Å². The summed E-state index contributed by atoms with van der Waals surface area (Å²) >= 11 is 0. The first-order valence-corrected chi connectivity index (χ1v) is 11.6. The second kappa shape index (κ2) is 10.3. The molecule has 1 fully saturated rings. The summed E-state index contributed by atoms with van der Waals surface area (Å²) in [5.41, 5.74) is 3.02. The van der Waals surface area contributed by atoms with Crippen molar-refractivity contribution in [1.29, 1.82) is 0 Å². The van der Waals surface area contributed by atoms with Gasteiger partial charge in [-0.2, -0.15) is 0 Å². The zero-order chi connectivity index (χ0) is 18.2. The molecule has 26 heavy (non-hydrogen) atoms. The van der Waals surface area contributed by atoms with Crippen LogP contribution in [0.2, 0.25) is 0 Å². The number of rotatable bonds is 8. The Balaban J connectivity index is 1.46. The van der Waals surface area contributed by atoms with Gasteiger partial charge >= 0.3 is 0 Å². The Labute approximate surface area is 162 Å². The van der Waals surface area contributed by atoms with Crippen LogP contribution in [0.4, 0.5) is 0 Å².